The molecule has 3 heterocycles. The Labute approximate surface area is 247 Å². The number of hydrogen-bond acceptors (Lipinski definition) is 9. The molecule has 0 bridgehead atoms. The van der Waals surface area contributed by atoms with E-state index in [1.54, 1.807) is 11.4 Å². The van der Waals surface area contributed by atoms with Gasteiger partial charge in [0.15, 0.2) is 5.82 Å². The second-order valence-corrected chi connectivity index (χ2v) is 11.0. The number of likely N-dealkylation sites (N-methyl/N-ethyl adjacent to an activating group) is 1. The predicted molar refractivity (Wildman–Crippen MR) is 162 cm³/mol. The maximum atomic E-state index is 13.3. The van der Waals surface area contributed by atoms with Crippen molar-refractivity contribution in [3.8, 4) is 11.5 Å². The number of piperazine rings is 1. The summed E-state index contributed by atoms with van der Waals surface area (Å²) < 4.78 is 11.4. The molecule has 210 valence electrons. The van der Waals surface area contributed by atoms with Gasteiger partial charge in [0.2, 0.25) is 0 Å². The van der Waals surface area contributed by atoms with Gasteiger partial charge in [0, 0.05) is 49.9 Å². The van der Waals surface area contributed by atoms with Crippen LogP contribution in [-0.2, 0) is 6.54 Å². The Kier molecular flexibility index (Phi) is 8.92. The third kappa shape index (κ3) is 5.96. The first-order valence-corrected chi connectivity index (χ1v) is 14.5. The summed E-state index contributed by atoms with van der Waals surface area (Å²) in [6, 6.07) is 9.93. The molecule has 0 aliphatic carbocycles. The molecular weight excluding hydrogens is 571 g/mol. The standard InChI is InChI=1S/C28H30Cl2N6O3S/c1-4-35-9-11-36(12-10-35)14-17-5-7-18(8-6-17)33-27-26-24(31-16-32-27)19(15-40-26)28(37)34-25-22(29)20(38-2)13-21(39-3)23(25)30/h5-8,13,15-16H,4,9-12,14H2,1-3H3,(H,34,37)(H,31,32,33). The largest absolute Gasteiger partial charge is 0.495 e. The van der Waals surface area contributed by atoms with Gasteiger partial charge < -0.3 is 25.0 Å². The molecule has 2 N–H and O–H groups in total. The van der Waals surface area contributed by atoms with Gasteiger partial charge in [0.05, 0.1) is 35.7 Å². The number of nitrogens with zero attached hydrogens (tertiary/aromatic N) is 4. The number of carbonyl (C=O) groups is 1. The van der Waals surface area contributed by atoms with Crippen LogP contribution in [0.2, 0.25) is 10.0 Å². The summed E-state index contributed by atoms with van der Waals surface area (Å²) in [4.78, 5) is 27.1. The minimum atomic E-state index is -0.417. The fourth-order valence-corrected chi connectivity index (χ4v) is 6.17. The molecule has 0 unspecified atom stereocenters. The highest BCUT2D eigenvalue weighted by atomic mass is 35.5. The molecule has 1 aliphatic rings. The quantitative estimate of drug-likeness (QED) is 0.236. The average molecular weight is 602 g/mol. The van der Waals surface area contributed by atoms with E-state index < -0.39 is 5.91 Å². The lowest BCUT2D eigenvalue weighted by atomic mass is 10.1. The van der Waals surface area contributed by atoms with E-state index in [4.69, 9.17) is 32.7 Å². The van der Waals surface area contributed by atoms with E-state index >= 15 is 0 Å². The first-order valence-electron chi connectivity index (χ1n) is 12.9. The number of halogens is 2. The van der Waals surface area contributed by atoms with Gasteiger partial charge in [-0.1, -0.05) is 42.3 Å². The highest BCUT2D eigenvalue weighted by molar-refractivity contribution is 7.18. The average Bonchev–Trinajstić information content (AvgIpc) is 3.42. The number of nitrogens with one attached hydrogen (secondary N) is 2. The molecule has 1 fully saturated rings. The van der Waals surface area contributed by atoms with Crippen LogP contribution in [0.4, 0.5) is 17.2 Å². The molecule has 1 aliphatic heterocycles. The molecule has 9 nitrogen and oxygen atoms in total. The van der Waals surface area contributed by atoms with Gasteiger partial charge in [-0.3, -0.25) is 9.69 Å². The lowest BCUT2D eigenvalue weighted by Gasteiger charge is -2.34. The third-order valence-corrected chi connectivity index (χ3v) is 8.67. The zero-order chi connectivity index (χ0) is 28.2. The molecule has 1 saturated heterocycles. The van der Waals surface area contributed by atoms with Crippen LogP contribution in [0, 0.1) is 0 Å². The van der Waals surface area contributed by atoms with Crippen molar-refractivity contribution in [2.75, 3.05) is 57.6 Å². The minimum Gasteiger partial charge on any atom is -0.495 e. The number of thiophene rings is 1. The molecule has 5 rings (SSSR count). The predicted octanol–water partition coefficient (Wildman–Crippen LogP) is 6.15. The van der Waals surface area contributed by atoms with Crippen LogP contribution in [0.5, 0.6) is 11.5 Å². The van der Waals surface area contributed by atoms with Crippen LogP contribution >= 0.6 is 34.5 Å². The molecule has 4 aromatic rings. The van der Waals surface area contributed by atoms with Gasteiger partial charge in [-0.05, 0) is 24.2 Å². The van der Waals surface area contributed by atoms with Gasteiger partial charge in [0.1, 0.15) is 27.9 Å². The van der Waals surface area contributed by atoms with Crippen LogP contribution in [0.3, 0.4) is 0 Å². The van der Waals surface area contributed by atoms with Crippen molar-refractivity contribution in [3.63, 3.8) is 0 Å². The van der Waals surface area contributed by atoms with E-state index in [0.717, 1.165) is 49.7 Å². The molecule has 0 radical (unpaired) electrons. The monoisotopic (exact) mass is 600 g/mol. The fraction of sp³-hybridized carbons (Fsp3) is 0.321. The van der Waals surface area contributed by atoms with Crippen LogP contribution in [0.25, 0.3) is 10.2 Å². The summed E-state index contributed by atoms with van der Waals surface area (Å²) in [5, 5.41) is 8.25. The highest BCUT2D eigenvalue weighted by Gasteiger charge is 2.22. The second-order valence-electron chi connectivity index (χ2n) is 9.32. The molecule has 0 atom stereocenters. The Morgan fingerprint density at radius 3 is 2.27 bits per heavy atom. The van der Waals surface area contributed by atoms with E-state index in [1.807, 2.05) is 12.1 Å². The molecular formula is C28H30Cl2N6O3S. The van der Waals surface area contributed by atoms with Crippen molar-refractivity contribution in [2.24, 2.45) is 0 Å². The van der Waals surface area contributed by atoms with Crippen molar-refractivity contribution >= 4 is 67.9 Å². The summed E-state index contributed by atoms with van der Waals surface area (Å²) in [6.45, 7) is 8.68. The van der Waals surface area contributed by atoms with E-state index in [1.165, 1.54) is 37.4 Å². The summed E-state index contributed by atoms with van der Waals surface area (Å²) in [7, 11) is 2.94. The molecule has 2 aromatic carbocycles. The number of benzene rings is 2. The van der Waals surface area contributed by atoms with E-state index in [9.17, 15) is 4.79 Å². The van der Waals surface area contributed by atoms with Gasteiger partial charge in [-0.2, -0.15) is 0 Å². The number of ether oxygens (including phenoxy) is 2. The molecule has 12 heteroatoms. The Hall–Kier alpha value is -3.15. The topological polar surface area (TPSA) is 91.9 Å². The summed E-state index contributed by atoms with van der Waals surface area (Å²) in [6.07, 6.45) is 1.44. The summed E-state index contributed by atoms with van der Waals surface area (Å²) in [5.74, 6) is 0.857. The van der Waals surface area contributed by atoms with Crippen LogP contribution < -0.4 is 20.1 Å². The zero-order valence-corrected chi connectivity index (χ0v) is 24.8. The smallest absolute Gasteiger partial charge is 0.258 e. The van der Waals surface area contributed by atoms with Gasteiger partial charge in [-0.25, -0.2) is 9.97 Å². The minimum absolute atomic E-state index is 0.171. The second kappa shape index (κ2) is 12.6. The molecule has 0 spiro atoms. The normalized spacial score (nSPS) is 14.3. The zero-order valence-electron chi connectivity index (χ0n) is 22.5. The van der Waals surface area contributed by atoms with E-state index in [2.05, 4.69) is 49.5 Å². The van der Waals surface area contributed by atoms with Gasteiger partial charge >= 0.3 is 0 Å². The number of anilines is 3. The van der Waals surface area contributed by atoms with Crippen LogP contribution in [0.1, 0.15) is 22.8 Å². The van der Waals surface area contributed by atoms with Gasteiger partial charge in [0.25, 0.3) is 5.91 Å². The first kappa shape index (κ1) is 28.4. The number of aromatic nitrogens is 2. The van der Waals surface area contributed by atoms with Gasteiger partial charge in [-0.15, -0.1) is 11.3 Å². The Morgan fingerprint density at radius 1 is 1.00 bits per heavy atom. The maximum absolute atomic E-state index is 13.3. The highest BCUT2D eigenvalue weighted by Crippen LogP contribution is 2.44. The molecule has 2 aromatic heterocycles. The fourth-order valence-electron chi connectivity index (χ4n) is 4.63. The SMILES string of the molecule is CCN1CCN(Cc2ccc(Nc3ncnc4c(C(=O)Nc5c(Cl)c(OC)cc(OC)c5Cl)csc34)cc2)CC1. The first-order chi connectivity index (χ1) is 19.4. The lowest BCUT2D eigenvalue weighted by Crippen LogP contribution is -2.45. The number of amides is 1. The van der Waals surface area contributed by atoms with Crippen molar-refractivity contribution in [1.82, 2.24) is 19.8 Å². The number of rotatable bonds is 9. The van der Waals surface area contributed by atoms with Crippen molar-refractivity contribution in [1.29, 1.82) is 0 Å². The van der Waals surface area contributed by atoms with Crippen molar-refractivity contribution in [2.45, 2.75) is 13.5 Å². The Balaban J connectivity index is 1.31. The number of carbonyl (C=O) groups excluding carboxylic acids is 1. The van der Waals surface area contributed by atoms with Crippen LogP contribution in [0.15, 0.2) is 42.0 Å². The maximum Gasteiger partial charge on any atom is 0.258 e. The Morgan fingerprint density at radius 2 is 1.65 bits per heavy atom. The Bertz CT molecular complexity index is 1480. The third-order valence-electron chi connectivity index (χ3n) is 6.95. The van der Waals surface area contributed by atoms with E-state index in [-0.39, 0.29) is 15.7 Å². The number of fused-ring (bicyclic) bond motifs is 1. The molecule has 40 heavy (non-hydrogen) atoms. The summed E-state index contributed by atoms with van der Waals surface area (Å²) >= 11 is 14.3. The molecule has 1 amide bonds. The molecule has 0 saturated carbocycles. The van der Waals surface area contributed by atoms with Crippen molar-refractivity contribution < 1.29 is 14.3 Å². The lowest BCUT2D eigenvalue weighted by molar-refractivity contribution is 0.102. The van der Waals surface area contributed by atoms with Crippen molar-refractivity contribution in [3.05, 3.63) is 63.2 Å². The number of hydrogen-bond donors (Lipinski definition) is 2. The summed E-state index contributed by atoms with van der Waals surface area (Å²) in [5.41, 5.74) is 3.26. The number of methoxy groups -OCH3 is 2. The van der Waals surface area contributed by atoms with E-state index in [0.29, 0.717) is 28.4 Å². The van der Waals surface area contributed by atoms with Crippen LogP contribution in [-0.4, -0.2) is 72.6 Å².